The van der Waals surface area contributed by atoms with Gasteiger partial charge in [-0.2, -0.15) is 0 Å². The van der Waals surface area contributed by atoms with Crippen molar-refractivity contribution in [3.05, 3.63) is 83.2 Å². The van der Waals surface area contributed by atoms with Crippen LogP contribution in [0.2, 0.25) is 0 Å². The minimum absolute atomic E-state index is 0.0500. The van der Waals surface area contributed by atoms with Crippen molar-refractivity contribution in [2.45, 2.75) is 43.3 Å². The topological polar surface area (TPSA) is 52.6 Å². The summed E-state index contributed by atoms with van der Waals surface area (Å²) in [6.45, 7) is 7.09. The summed E-state index contributed by atoms with van der Waals surface area (Å²) >= 11 is 1.59. The third kappa shape index (κ3) is 5.93. The van der Waals surface area contributed by atoms with Gasteiger partial charge in [-0.05, 0) is 44.5 Å². The number of aryl methyl sites for hydroxylation is 2. The number of thioether (sulfide) groups is 1. The second kappa shape index (κ2) is 11.1. The Labute approximate surface area is 220 Å². The van der Waals surface area contributed by atoms with E-state index in [1.54, 1.807) is 36.0 Å². The van der Waals surface area contributed by atoms with E-state index < -0.39 is 0 Å². The van der Waals surface area contributed by atoms with Crippen molar-refractivity contribution < 1.29 is 13.6 Å². The Morgan fingerprint density at radius 1 is 0.946 bits per heavy atom. The van der Waals surface area contributed by atoms with Gasteiger partial charge in [-0.15, -0.1) is 0 Å². The smallest absolute Gasteiger partial charge is 0.240 e. The molecule has 1 amide bonds. The minimum Gasteiger partial charge on any atom is -0.366 e. The Morgan fingerprint density at radius 3 is 2.27 bits per heavy atom. The maximum absolute atomic E-state index is 14.5. The number of para-hydroxylation sites is 1. The van der Waals surface area contributed by atoms with Gasteiger partial charge < -0.3 is 9.80 Å². The molecule has 0 radical (unpaired) electrons. The van der Waals surface area contributed by atoms with Crippen molar-refractivity contribution in [2.24, 2.45) is 0 Å². The van der Waals surface area contributed by atoms with E-state index in [0.717, 1.165) is 11.4 Å². The fourth-order valence-electron chi connectivity index (χ4n) is 5.21. The molecule has 0 bridgehead atoms. The van der Waals surface area contributed by atoms with Crippen molar-refractivity contribution in [3.63, 3.8) is 0 Å². The van der Waals surface area contributed by atoms with Crippen molar-refractivity contribution in [1.29, 1.82) is 0 Å². The molecule has 0 saturated carbocycles. The van der Waals surface area contributed by atoms with Gasteiger partial charge in [-0.25, -0.2) is 18.7 Å². The second-order valence-corrected chi connectivity index (χ2v) is 11.0. The number of rotatable bonds is 6. The molecule has 3 aromatic rings. The number of halogens is 2. The molecule has 2 aliphatic heterocycles. The molecule has 0 spiro atoms. The minimum atomic E-state index is -0.358. The molecule has 1 aromatic heterocycles. The summed E-state index contributed by atoms with van der Waals surface area (Å²) < 4.78 is 28.8. The Hall–Kier alpha value is -3.04. The van der Waals surface area contributed by atoms with Crippen LogP contribution in [0, 0.1) is 25.5 Å². The van der Waals surface area contributed by atoms with Gasteiger partial charge in [0.1, 0.15) is 11.6 Å². The highest BCUT2D eigenvalue weighted by molar-refractivity contribution is 7.99. The lowest BCUT2D eigenvalue weighted by molar-refractivity contribution is -0.136. The SMILES string of the molecule is Cc1cc(C)nc(S[C@H]2C[C@@H](C(=O)N3CCN(c4ccccc4F)CC3)N(Cc3ccccc3F)C2)n1. The number of nitrogens with zero attached hydrogens (tertiary/aromatic N) is 5. The standard InChI is InChI=1S/C28H31F2N5OS/c1-19-15-20(2)32-28(31-19)37-22-16-26(35(18-22)17-21-7-3-4-8-23(21)29)27(36)34-13-11-33(12-14-34)25-10-6-5-9-24(25)30/h3-10,15,22,26H,11-14,16-18H2,1-2H3/t22-,26-/m0/s1. The van der Waals surface area contributed by atoms with Crippen LogP contribution in [0.3, 0.4) is 0 Å². The summed E-state index contributed by atoms with van der Waals surface area (Å²) in [5, 5.41) is 0.821. The molecule has 2 fully saturated rings. The van der Waals surface area contributed by atoms with Crippen molar-refractivity contribution >= 4 is 23.4 Å². The number of benzene rings is 2. The Morgan fingerprint density at radius 2 is 1.59 bits per heavy atom. The molecule has 6 nitrogen and oxygen atoms in total. The Kier molecular flexibility index (Phi) is 7.71. The zero-order valence-electron chi connectivity index (χ0n) is 21.1. The molecule has 5 rings (SSSR count). The summed E-state index contributed by atoms with van der Waals surface area (Å²) in [5.74, 6) is -0.461. The summed E-state index contributed by atoms with van der Waals surface area (Å²) in [7, 11) is 0. The molecule has 0 N–H and O–H groups in total. The van der Waals surface area contributed by atoms with Crippen LogP contribution in [0.15, 0.2) is 59.8 Å². The van der Waals surface area contributed by atoms with Gasteiger partial charge in [0.25, 0.3) is 0 Å². The molecule has 0 unspecified atom stereocenters. The van der Waals surface area contributed by atoms with Crippen LogP contribution in [0.25, 0.3) is 0 Å². The van der Waals surface area contributed by atoms with Crippen LogP contribution in [0.5, 0.6) is 0 Å². The third-order valence-corrected chi connectivity index (χ3v) is 8.07. The van der Waals surface area contributed by atoms with E-state index >= 15 is 0 Å². The van der Waals surface area contributed by atoms with E-state index in [9.17, 15) is 13.6 Å². The van der Waals surface area contributed by atoms with Crippen LogP contribution >= 0.6 is 11.8 Å². The zero-order chi connectivity index (χ0) is 25.9. The summed E-state index contributed by atoms with van der Waals surface area (Å²) in [4.78, 5) is 28.8. The largest absolute Gasteiger partial charge is 0.366 e. The van der Waals surface area contributed by atoms with Gasteiger partial charge in [0.05, 0.1) is 11.7 Å². The fraction of sp³-hybridized carbons (Fsp3) is 0.393. The first-order valence-electron chi connectivity index (χ1n) is 12.6. The van der Waals surface area contributed by atoms with Crippen LogP contribution in [0.1, 0.15) is 23.4 Å². The lowest BCUT2D eigenvalue weighted by atomic mass is 10.1. The van der Waals surface area contributed by atoms with Gasteiger partial charge in [0.15, 0.2) is 5.16 Å². The van der Waals surface area contributed by atoms with Gasteiger partial charge in [-0.3, -0.25) is 9.69 Å². The number of aromatic nitrogens is 2. The Bertz CT molecular complexity index is 1250. The summed E-state index contributed by atoms with van der Waals surface area (Å²) in [6.07, 6.45) is 0.641. The predicted molar refractivity (Wildman–Crippen MR) is 142 cm³/mol. The number of amides is 1. The number of hydrogen-bond acceptors (Lipinski definition) is 6. The van der Waals surface area contributed by atoms with Gasteiger partial charge in [0, 0.05) is 61.5 Å². The van der Waals surface area contributed by atoms with Crippen LogP contribution in [0.4, 0.5) is 14.5 Å². The van der Waals surface area contributed by atoms with Crippen molar-refractivity contribution in [2.75, 3.05) is 37.6 Å². The third-order valence-electron chi connectivity index (χ3n) is 7.00. The maximum Gasteiger partial charge on any atom is 0.240 e. The maximum atomic E-state index is 14.5. The quantitative estimate of drug-likeness (QED) is 0.445. The first-order chi connectivity index (χ1) is 17.9. The number of hydrogen-bond donors (Lipinski definition) is 0. The molecule has 0 aliphatic carbocycles. The number of carbonyl (C=O) groups excluding carboxylic acids is 1. The Balaban J connectivity index is 1.30. The molecule has 2 atom stereocenters. The monoisotopic (exact) mass is 523 g/mol. The molecule has 194 valence electrons. The second-order valence-electron chi connectivity index (χ2n) is 9.71. The van der Waals surface area contributed by atoms with Crippen LogP contribution in [-0.4, -0.2) is 69.7 Å². The molecule has 2 aliphatic rings. The van der Waals surface area contributed by atoms with E-state index in [1.807, 2.05) is 41.8 Å². The number of piperazine rings is 1. The van der Waals surface area contributed by atoms with E-state index in [-0.39, 0.29) is 28.8 Å². The van der Waals surface area contributed by atoms with E-state index in [2.05, 4.69) is 14.9 Å². The first-order valence-corrected chi connectivity index (χ1v) is 13.5. The lowest BCUT2D eigenvalue weighted by Crippen LogP contribution is -2.53. The molecule has 9 heteroatoms. The van der Waals surface area contributed by atoms with Crippen LogP contribution < -0.4 is 4.90 Å². The highest BCUT2D eigenvalue weighted by atomic mass is 32.2. The average molecular weight is 524 g/mol. The number of carbonyl (C=O) groups is 1. The molecule has 2 aromatic carbocycles. The zero-order valence-corrected chi connectivity index (χ0v) is 21.9. The highest BCUT2D eigenvalue weighted by Gasteiger charge is 2.40. The average Bonchev–Trinajstić information content (AvgIpc) is 3.26. The summed E-state index contributed by atoms with van der Waals surface area (Å²) in [6, 6.07) is 15.1. The predicted octanol–water partition coefficient (Wildman–Crippen LogP) is 4.46. The van der Waals surface area contributed by atoms with Gasteiger partial charge in [0.2, 0.25) is 5.91 Å². The highest BCUT2D eigenvalue weighted by Crippen LogP contribution is 2.34. The molecule has 3 heterocycles. The normalized spacial score (nSPS) is 20.4. The molecular formula is C28H31F2N5OS. The van der Waals surface area contributed by atoms with Gasteiger partial charge >= 0.3 is 0 Å². The van der Waals surface area contributed by atoms with E-state index in [0.29, 0.717) is 62.1 Å². The van der Waals surface area contributed by atoms with Crippen molar-refractivity contribution in [1.82, 2.24) is 19.8 Å². The van der Waals surface area contributed by atoms with E-state index in [4.69, 9.17) is 0 Å². The van der Waals surface area contributed by atoms with Crippen molar-refractivity contribution in [3.8, 4) is 0 Å². The fourth-order valence-corrected chi connectivity index (χ4v) is 6.44. The van der Waals surface area contributed by atoms with Crippen LogP contribution in [-0.2, 0) is 11.3 Å². The molecular weight excluding hydrogens is 492 g/mol. The molecule has 2 saturated heterocycles. The number of anilines is 1. The van der Waals surface area contributed by atoms with Gasteiger partial charge in [-0.1, -0.05) is 42.1 Å². The summed E-state index contributed by atoms with van der Waals surface area (Å²) in [5.41, 5.74) is 2.98. The number of likely N-dealkylation sites (tertiary alicyclic amines) is 1. The first kappa shape index (κ1) is 25.6. The lowest BCUT2D eigenvalue weighted by Gasteiger charge is -2.38. The van der Waals surface area contributed by atoms with E-state index in [1.165, 1.54) is 12.1 Å². The molecule has 37 heavy (non-hydrogen) atoms.